The van der Waals surface area contributed by atoms with E-state index in [1.807, 2.05) is 0 Å². The SMILES string of the molecule is COc1cc2ccc(=O)oc2cc1Oc1ccc2ccc(=O)oc2c1. The second-order valence-electron chi connectivity index (χ2n) is 5.35. The zero-order valence-corrected chi connectivity index (χ0v) is 13.1. The van der Waals surface area contributed by atoms with Gasteiger partial charge >= 0.3 is 11.3 Å². The summed E-state index contributed by atoms with van der Waals surface area (Å²) >= 11 is 0. The van der Waals surface area contributed by atoms with Gasteiger partial charge in [0.15, 0.2) is 11.5 Å². The monoisotopic (exact) mass is 336 g/mol. The molecule has 0 aliphatic rings. The molecule has 0 aliphatic carbocycles. The molecule has 0 fully saturated rings. The number of fused-ring (bicyclic) bond motifs is 2. The quantitative estimate of drug-likeness (QED) is 0.531. The van der Waals surface area contributed by atoms with E-state index in [-0.39, 0.29) is 0 Å². The Labute approximate surface area is 140 Å². The molecule has 0 aliphatic heterocycles. The molecular weight excluding hydrogens is 324 g/mol. The molecule has 4 aromatic rings. The van der Waals surface area contributed by atoms with Gasteiger partial charge in [0.25, 0.3) is 0 Å². The van der Waals surface area contributed by atoms with Crippen LogP contribution >= 0.6 is 0 Å². The predicted octanol–water partition coefficient (Wildman–Crippen LogP) is 3.70. The molecule has 6 heteroatoms. The average Bonchev–Trinajstić information content (AvgIpc) is 2.60. The molecule has 124 valence electrons. The summed E-state index contributed by atoms with van der Waals surface area (Å²) in [5.74, 6) is 1.32. The van der Waals surface area contributed by atoms with E-state index >= 15 is 0 Å². The van der Waals surface area contributed by atoms with Crippen molar-refractivity contribution < 1.29 is 18.3 Å². The Bertz CT molecular complexity index is 1200. The van der Waals surface area contributed by atoms with Gasteiger partial charge in [-0.15, -0.1) is 0 Å². The van der Waals surface area contributed by atoms with Gasteiger partial charge in [0, 0.05) is 35.0 Å². The van der Waals surface area contributed by atoms with E-state index in [1.54, 1.807) is 42.5 Å². The summed E-state index contributed by atoms with van der Waals surface area (Å²) in [4.78, 5) is 22.8. The molecule has 2 heterocycles. The Morgan fingerprint density at radius 2 is 1.36 bits per heavy atom. The Kier molecular flexibility index (Phi) is 3.50. The van der Waals surface area contributed by atoms with Crippen LogP contribution in [0.5, 0.6) is 17.2 Å². The Balaban J connectivity index is 1.81. The number of rotatable bonds is 3. The number of methoxy groups -OCH3 is 1. The Morgan fingerprint density at radius 3 is 2.08 bits per heavy atom. The van der Waals surface area contributed by atoms with Gasteiger partial charge < -0.3 is 18.3 Å². The van der Waals surface area contributed by atoms with E-state index in [1.165, 1.54) is 19.2 Å². The molecular formula is C19H12O6. The lowest BCUT2D eigenvalue weighted by Crippen LogP contribution is -1.97. The topological polar surface area (TPSA) is 78.9 Å². The number of hydrogen-bond donors (Lipinski definition) is 0. The van der Waals surface area contributed by atoms with E-state index in [2.05, 4.69) is 0 Å². The van der Waals surface area contributed by atoms with Crippen LogP contribution in [0.4, 0.5) is 0 Å². The maximum atomic E-state index is 11.4. The van der Waals surface area contributed by atoms with Crippen molar-refractivity contribution >= 4 is 21.9 Å². The third-order valence-electron chi connectivity index (χ3n) is 3.73. The summed E-state index contributed by atoms with van der Waals surface area (Å²) in [5, 5.41) is 1.50. The highest BCUT2D eigenvalue weighted by molar-refractivity contribution is 5.81. The maximum absolute atomic E-state index is 11.4. The molecule has 0 radical (unpaired) electrons. The van der Waals surface area contributed by atoms with Crippen molar-refractivity contribution in [2.75, 3.05) is 7.11 Å². The van der Waals surface area contributed by atoms with Crippen molar-refractivity contribution in [1.82, 2.24) is 0 Å². The highest BCUT2D eigenvalue weighted by Gasteiger charge is 2.11. The first kappa shape index (κ1) is 15.0. The van der Waals surface area contributed by atoms with Gasteiger partial charge in [-0.3, -0.25) is 0 Å². The van der Waals surface area contributed by atoms with Crippen LogP contribution in [0, 0.1) is 0 Å². The molecule has 0 N–H and O–H groups in total. The molecule has 0 amide bonds. The lowest BCUT2D eigenvalue weighted by molar-refractivity contribution is 0.379. The van der Waals surface area contributed by atoms with E-state index < -0.39 is 11.3 Å². The first-order valence-electron chi connectivity index (χ1n) is 7.46. The highest BCUT2D eigenvalue weighted by Crippen LogP contribution is 2.35. The first-order valence-corrected chi connectivity index (χ1v) is 7.46. The molecule has 0 saturated carbocycles. The summed E-state index contributed by atoms with van der Waals surface area (Å²) in [7, 11) is 1.52. The lowest BCUT2D eigenvalue weighted by Gasteiger charge is -2.11. The summed E-state index contributed by atoms with van der Waals surface area (Å²) in [6, 6.07) is 14.5. The van der Waals surface area contributed by atoms with Gasteiger partial charge in [-0.05, 0) is 30.3 Å². The van der Waals surface area contributed by atoms with Crippen LogP contribution in [0.15, 0.2) is 73.0 Å². The number of hydrogen-bond acceptors (Lipinski definition) is 6. The molecule has 2 aromatic heterocycles. The van der Waals surface area contributed by atoms with Crippen molar-refractivity contribution in [3.63, 3.8) is 0 Å². The third-order valence-corrected chi connectivity index (χ3v) is 3.73. The van der Waals surface area contributed by atoms with Crippen LogP contribution in [0.1, 0.15) is 0 Å². The molecule has 25 heavy (non-hydrogen) atoms. The largest absolute Gasteiger partial charge is 0.493 e. The van der Waals surface area contributed by atoms with Gasteiger partial charge in [0.2, 0.25) is 0 Å². The molecule has 0 unspecified atom stereocenters. The van der Waals surface area contributed by atoms with Gasteiger partial charge in [0.1, 0.15) is 16.9 Å². The van der Waals surface area contributed by atoms with Crippen LogP contribution in [-0.4, -0.2) is 7.11 Å². The van der Waals surface area contributed by atoms with E-state index in [9.17, 15) is 9.59 Å². The van der Waals surface area contributed by atoms with Crippen LogP contribution in [0.3, 0.4) is 0 Å². The van der Waals surface area contributed by atoms with Gasteiger partial charge in [-0.2, -0.15) is 0 Å². The normalized spacial score (nSPS) is 10.9. The van der Waals surface area contributed by atoms with Gasteiger partial charge in [-0.25, -0.2) is 9.59 Å². The van der Waals surface area contributed by atoms with Crippen LogP contribution < -0.4 is 20.7 Å². The second-order valence-corrected chi connectivity index (χ2v) is 5.35. The van der Waals surface area contributed by atoms with Crippen LogP contribution in [0.25, 0.3) is 21.9 Å². The molecule has 0 saturated heterocycles. The van der Waals surface area contributed by atoms with E-state index in [4.69, 9.17) is 18.3 Å². The fourth-order valence-electron chi connectivity index (χ4n) is 2.55. The van der Waals surface area contributed by atoms with E-state index in [0.717, 1.165) is 5.39 Å². The number of ether oxygens (including phenoxy) is 2. The third kappa shape index (κ3) is 2.85. The fourth-order valence-corrected chi connectivity index (χ4v) is 2.55. The zero-order valence-electron chi connectivity index (χ0n) is 13.1. The summed E-state index contributed by atoms with van der Waals surface area (Å²) < 4.78 is 21.5. The average molecular weight is 336 g/mol. The highest BCUT2D eigenvalue weighted by atomic mass is 16.5. The minimum Gasteiger partial charge on any atom is -0.493 e. The minimum atomic E-state index is -0.448. The molecule has 0 bridgehead atoms. The smallest absolute Gasteiger partial charge is 0.336 e. The van der Waals surface area contributed by atoms with Crippen LogP contribution in [-0.2, 0) is 0 Å². The van der Waals surface area contributed by atoms with Gasteiger partial charge in [-0.1, -0.05) is 0 Å². The standard InChI is InChI=1S/C19H12O6/c1-22-16-8-12-4-7-19(21)25-15(12)10-17(16)23-13-5-2-11-3-6-18(20)24-14(11)9-13/h2-10H,1H3. The Hall–Kier alpha value is -3.54. The molecule has 0 spiro atoms. The van der Waals surface area contributed by atoms with Crippen molar-refractivity contribution in [2.24, 2.45) is 0 Å². The summed E-state index contributed by atoms with van der Waals surface area (Å²) in [5.41, 5.74) is -0.0854. The first-order chi connectivity index (χ1) is 12.1. The summed E-state index contributed by atoms with van der Waals surface area (Å²) in [6.07, 6.45) is 0. The van der Waals surface area contributed by atoms with Crippen molar-refractivity contribution in [3.8, 4) is 17.2 Å². The maximum Gasteiger partial charge on any atom is 0.336 e. The summed E-state index contributed by atoms with van der Waals surface area (Å²) in [6.45, 7) is 0. The van der Waals surface area contributed by atoms with Crippen molar-refractivity contribution in [1.29, 1.82) is 0 Å². The molecule has 4 rings (SSSR count). The Morgan fingerprint density at radius 1 is 0.720 bits per heavy atom. The zero-order chi connectivity index (χ0) is 17.4. The minimum absolute atomic E-state index is 0.377. The molecule has 6 nitrogen and oxygen atoms in total. The van der Waals surface area contributed by atoms with E-state index in [0.29, 0.717) is 33.8 Å². The van der Waals surface area contributed by atoms with Gasteiger partial charge in [0.05, 0.1) is 7.11 Å². The predicted molar refractivity (Wildman–Crippen MR) is 91.6 cm³/mol. The lowest BCUT2D eigenvalue weighted by atomic mass is 10.2. The number of benzene rings is 2. The second kappa shape index (κ2) is 5.83. The fraction of sp³-hybridized carbons (Fsp3) is 0.0526. The van der Waals surface area contributed by atoms with Crippen LogP contribution in [0.2, 0.25) is 0 Å². The molecule has 0 atom stereocenters. The van der Waals surface area contributed by atoms with Crippen molar-refractivity contribution in [3.05, 3.63) is 75.4 Å². The van der Waals surface area contributed by atoms with Crippen molar-refractivity contribution in [2.45, 2.75) is 0 Å². The molecule has 2 aromatic carbocycles.